The molecule has 2 aromatic carbocycles. The minimum absolute atomic E-state index is 0.0102. The summed E-state index contributed by atoms with van der Waals surface area (Å²) in [5.41, 5.74) is 0.443. The van der Waals surface area contributed by atoms with Crippen molar-refractivity contribution in [3.05, 3.63) is 59.2 Å². The van der Waals surface area contributed by atoms with Crippen LogP contribution in [-0.4, -0.2) is 80.5 Å². The van der Waals surface area contributed by atoms with Gasteiger partial charge in [0.15, 0.2) is 11.5 Å². The number of benzene rings is 2. The van der Waals surface area contributed by atoms with E-state index < -0.39 is 33.5 Å². The minimum atomic E-state index is -3.69. The van der Waals surface area contributed by atoms with Crippen molar-refractivity contribution in [3.63, 3.8) is 0 Å². The van der Waals surface area contributed by atoms with Crippen LogP contribution >= 0.6 is 0 Å². The van der Waals surface area contributed by atoms with Gasteiger partial charge in [-0.1, -0.05) is 6.07 Å². The Labute approximate surface area is 204 Å². The molecule has 0 bridgehead atoms. The number of hydrogen-bond acceptors (Lipinski definition) is 8. The molecular weight excluding hydrogens is 476 g/mol. The number of sulfonamides is 1. The number of nitrogens with zero attached hydrogens (tertiary/aromatic N) is 2. The fourth-order valence-electron chi connectivity index (χ4n) is 3.77. The van der Waals surface area contributed by atoms with Gasteiger partial charge in [0, 0.05) is 33.3 Å². The molecule has 0 radical (unpaired) electrons. The van der Waals surface area contributed by atoms with Gasteiger partial charge in [0.25, 0.3) is 11.7 Å². The zero-order chi connectivity index (χ0) is 25.9. The molecule has 0 saturated carbocycles. The first-order valence-corrected chi connectivity index (χ1v) is 12.2. The monoisotopic (exact) mass is 504 g/mol. The standard InChI is InChI=1S/C24H28N2O8S/c1-5-34-19-14-16(8-11-18(19)27)21-20(23(29)24(30)26(21)12-13-33-4)22(28)15-6-9-17(10-7-15)35(31,32)25(2)3/h6-11,14,21,27-28H,5,12-13H2,1-4H3/b22-20-. The summed E-state index contributed by atoms with van der Waals surface area (Å²) in [7, 11) is 0.574. The predicted octanol–water partition coefficient (Wildman–Crippen LogP) is 2.11. The maximum Gasteiger partial charge on any atom is 0.295 e. The van der Waals surface area contributed by atoms with E-state index in [0.29, 0.717) is 5.56 Å². The Hall–Kier alpha value is -3.41. The summed E-state index contributed by atoms with van der Waals surface area (Å²) in [6, 6.07) is 8.82. The van der Waals surface area contributed by atoms with E-state index in [1.165, 1.54) is 68.6 Å². The number of hydrogen-bond donors (Lipinski definition) is 2. The molecule has 1 aliphatic heterocycles. The molecule has 1 saturated heterocycles. The fourth-order valence-corrected chi connectivity index (χ4v) is 4.67. The van der Waals surface area contributed by atoms with Crippen molar-refractivity contribution in [2.45, 2.75) is 17.9 Å². The number of aliphatic hydroxyl groups excluding tert-OH is 1. The van der Waals surface area contributed by atoms with Gasteiger partial charge in [0.1, 0.15) is 5.76 Å². The number of phenolic OH excluding ortho intramolecular Hbond substituents is 1. The molecule has 3 rings (SSSR count). The fraction of sp³-hybridized carbons (Fsp3) is 0.333. The number of carbonyl (C=O) groups is 2. The normalized spacial score (nSPS) is 17.9. The van der Waals surface area contributed by atoms with Crippen LogP contribution in [0.3, 0.4) is 0 Å². The van der Waals surface area contributed by atoms with E-state index in [1.54, 1.807) is 6.92 Å². The summed E-state index contributed by atoms with van der Waals surface area (Å²) in [5, 5.41) is 21.2. The van der Waals surface area contributed by atoms with Crippen molar-refractivity contribution in [1.82, 2.24) is 9.21 Å². The summed E-state index contributed by atoms with van der Waals surface area (Å²) in [6.07, 6.45) is 0. The molecule has 2 N–H and O–H groups in total. The summed E-state index contributed by atoms with van der Waals surface area (Å²) in [5.74, 6) is -2.10. The van der Waals surface area contributed by atoms with Crippen molar-refractivity contribution < 1.29 is 37.7 Å². The van der Waals surface area contributed by atoms with Crippen LogP contribution in [0.2, 0.25) is 0 Å². The lowest BCUT2D eigenvalue weighted by Crippen LogP contribution is -2.32. The Balaban J connectivity index is 2.15. The summed E-state index contributed by atoms with van der Waals surface area (Å²) in [6.45, 7) is 2.25. The molecule has 0 aliphatic carbocycles. The number of carbonyl (C=O) groups excluding carboxylic acids is 2. The van der Waals surface area contributed by atoms with E-state index in [2.05, 4.69) is 0 Å². The molecule has 1 atom stereocenters. The molecule has 188 valence electrons. The first kappa shape index (κ1) is 26.2. The molecular formula is C24H28N2O8S. The number of likely N-dealkylation sites (tertiary alicyclic amines) is 1. The van der Waals surface area contributed by atoms with Crippen LogP contribution in [0.4, 0.5) is 0 Å². The number of ether oxygens (including phenoxy) is 2. The summed E-state index contributed by atoms with van der Waals surface area (Å²) < 4.78 is 36.3. The molecule has 10 nitrogen and oxygen atoms in total. The molecule has 1 fully saturated rings. The van der Waals surface area contributed by atoms with Crippen LogP contribution in [0.1, 0.15) is 24.1 Å². The highest BCUT2D eigenvalue weighted by molar-refractivity contribution is 7.89. The predicted molar refractivity (Wildman–Crippen MR) is 127 cm³/mol. The lowest BCUT2D eigenvalue weighted by atomic mass is 9.95. The highest BCUT2D eigenvalue weighted by Gasteiger charge is 2.46. The number of ketones is 1. The Morgan fingerprint density at radius 3 is 2.34 bits per heavy atom. The summed E-state index contributed by atoms with van der Waals surface area (Å²) >= 11 is 0. The lowest BCUT2D eigenvalue weighted by molar-refractivity contribution is -0.140. The van der Waals surface area contributed by atoms with Crippen molar-refractivity contribution in [2.24, 2.45) is 0 Å². The van der Waals surface area contributed by atoms with Crippen LogP contribution in [0, 0.1) is 0 Å². The van der Waals surface area contributed by atoms with E-state index in [9.17, 15) is 28.2 Å². The van der Waals surface area contributed by atoms with E-state index in [0.717, 1.165) is 4.31 Å². The Morgan fingerprint density at radius 1 is 1.11 bits per heavy atom. The maximum atomic E-state index is 13.0. The van der Waals surface area contributed by atoms with Crippen LogP contribution in [-0.2, 0) is 24.3 Å². The van der Waals surface area contributed by atoms with Crippen LogP contribution in [0.5, 0.6) is 11.5 Å². The number of Topliss-reactive ketones (excluding diaryl/α,β-unsaturated/α-hetero) is 1. The van der Waals surface area contributed by atoms with E-state index in [-0.39, 0.29) is 47.3 Å². The highest BCUT2D eigenvalue weighted by atomic mass is 32.2. The molecule has 2 aromatic rings. The van der Waals surface area contributed by atoms with Gasteiger partial charge in [-0.2, -0.15) is 0 Å². The highest BCUT2D eigenvalue weighted by Crippen LogP contribution is 2.41. The van der Waals surface area contributed by atoms with Crippen molar-refractivity contribution >= 4 is 27.5 Å². The van der Waals surface area contributed by atoms with Crippen molar-refractivity contribution in [3.8, 4) is 11.5 Å². The molecule has 1 heterocycles. The maximum absolute atomic E-state index is 13.0. The van der Waals surface area contributed by atoms with Gasteiger partial charge in [0.2, 0.25) is 10.0 Å². The van der Waals surface area contributed by atoms with Gasteiger partial charge < -0.3 is 24.6 Å². The third-order valence-electron chi connectivity index (χ3n) is 5.58. The lowest BCUT2D eigenvalue weighted by Gasteiger charge is -2.25. The molecule has 0 spiro atoms. The van der Waals surface area contributed by atoms with E-state index >= 15 is 0 Å². The first-order valence-electron chi connectivity index (χ1n) is 10.8. The van der Waals surface area contributed by atoms with Gasteiger partial charge >= 0.3 is 0 Å². The van der Waals surface area contributed by atoms with Crippen LogP contribution in [0.15, 0.2) is 52.9 Å². The minimum Gasteiger partial charge on any atom is -0.507 e. The van der Waals surface area contributed by atoms with E-state index in [4.69, 9.17) is 9.47 Å². The molecule has 0 aromatic heterocycles. The molecule has 11 heteroatoms. The van der Waals surface area contributed by atoms with E-state index in [1.807, 2.05) is 0 Å². The average Bonchev–Trinajstić information content (AvgIpc) is 3.08. The quantitative estimate of drug-likeness (QED) is 0.301. The van der Waals surface area contributed by atoms with Gasteiger partial charge in [-0.3, -0.25) is 9.59 Å². The second-order valence-corrected chi connectivity index (χ2v) is 10.1. The number of aromatic hydroxyl groups is 1. The smallest absolute Gasteiger partial charge is 0.295 e. The average molecular weight is 505 g/mol. The molecule has 35 heavy (non-hydrogen) atoms. The number of phenols is 1. The second-order valence-electron chi connectivity index (χ2n) is 7.96. The number of aliphatic hydroxyl groups is 1. The second kappa shape index (κ2) is 10.5. The summed E-state index contributed by atoms with van der Waals surface area (Å²) in [4.78, 5) is 27.2. The van der Waals surface area contributed by atoms with Gasteiger partial charge in [0.05, 0.1) is 29.7 Å². The van der Waals surface area contributed by atoms with Gasteiger partial charge in [-0.25, -0.2) is 12.7 Å². The molecule has 1 unspecified atom stereocenters. The zero-order valence-electron chi connectivity index (χ0n) is 19.9. The number of amides is 1. The largest absolute Gasteiger partial charge is 0.507 e. The molecule has 1 aliphatic rings. The Morgan fingerprint density at radius 2 is 1.77 bits per heavy atom. The SMILES string of the molecule is CCOc1cc(C2/C(=C(/O)c3ccc(S(=O)(=O)N(C)C)cc3)C(=O)C(=O)N2CCOC)ccc1O. The van der Waals surface area contributed by atoms with Crippen LogP contribution in [0.25, 0.3) is 5.76 Å². The third-order valence-corrected chi connectivity index (χ3v) is 7.41. The van der Waals surface area contributed by atoms with Crippen molar-refractivity contribution in [1.29, 1.82) is 0 Å². The Bertz CT molecular complexity index is 1250. The van der Waals surface area contributed by atoms with Gasteiger partial charge in [-0.05, 0) is 48.9 Å². The number of methoxy groups -OCH3 is 1. The first-order chi connectivity index (χ1) is 16.5. The van der Waals surface area contributed by atoms with Gasteiger partial charge in [-0.15, -0.1) is 0 Å². The van der Waals surface area contributed by atoms with Crippen LogP contribution < -0.4 is 4.74 Å². The Kier molecular flexibility index (Phi) is 7.83. The third kappa shape index (κ3) is 5.02. The molecule has 1 amide bonds. The zero-order valence-corrected chi connectivity index (χ0v) is 20.7. The topological polar surface area (TPSA) is 134 Å². The van der Waals surface area contributed by atoms with Crippen molar-refractivity contribution in [2.75, 3.05) is 41.0 Å². The number of rotatable bonds is 9.